The predicted molar refractivity (Wildman–Crippen MR) is 119 cm³/mol. The average Bonchev–Trinajstić information content (AvgIpc) is 3.50. The highest BCUT2D eigenvalue weighted by Crippen LogP contribution is 2.37. The van der Waals surface area contributed by atoms with E-state index in [4.69, 9.17) is 18.9 Å². The van der Waals surface area contributed by atoms with Gasteiger partial charge in [0.05, 0.1) is 38.8 Å². The molecule has 0 atom stereocenters. The molecule has 1 aromatic carbocycles. The number of hydrogen-bond donors (Lipinski definition) is 1. The number of benzene rings is 1. The Hall–Kier alpha value is -3.40. The molecule has 2 fully saturated rings. The summed E-state index contributed by atoms with van der Waals surface area (Å²) in [5.41, 5.74) is 1.70. The van der Waals surface area contributed by atoms with Gasteiger partial charge in [-0.15, -0.1) is 0 Å². The maximum Gasteiger partial charge on any atom is 0.387 e. The Morgan fingerprint density at radius 1 is 1.29 bits per heavy atom. The highest BCUT2D eigenvalue weighted by atomic mass is 19.3. The van der Waals surface area contributed by atoms with E-state index in [1.54, 1.807) is 28.9 Å². The van der Waals surface area contributed by atoms with Crippen molar-refractivity contribution in [1.29, 1.82) is 0 Å². The van der Waals surface area contributed by atoms with Crippen LogP contribution in [-0.2, 0) is 4.74 Å². The molecule has 10 heteroatoms. The number of carbonyl (C=O) groups excluding carboxylic acids is 1. The molecule has 1 aliphatic carbocycles. The third-order valence-corrected chi connectivity index (χ3v) is 5.91. The van der Waals surface area contributed by atoms with E-state index in [0.717, 1.165) is 12.8 Å². The van der Waals surface area contributed by atoms with Gasteiger partial charge in [0.25, 0.3) is 5.91 Å². The number of nitrogens with zero attached hydrogens (tertiary/aromatic N) is 2. The minimum Gasteiger partial charge on any atom is -0.496 e. The summed E-state index contributed by atoms with van der Waals surface area (Å²) in [7, 11) is 1.38. The number of pyridine rings is 1. The molecule has 0 radical (unpaired) electrons. The molecule has 1 aliphatic heterocycles. The van der Waals surface area contributed by atoms with Crippen molar-refractivity contribution in [3.8, 4) is 28.5 Å². The van der Waals surface area contributed by atoms with Crippen LogP contribution >= 0.6 is 0 Å². The number of methoxy groups -OCH3 is 1. The van der Waals surface area contributed by atoms with Gasteiger partial charge in [-0.25, -0.2) is 4.98 Å². The zero-order chi connectivity index (χ0) is 23.9. The summed E-state index contributed by atoms with van der Waals surface area (Å²) in [6.45, 7) is 0.873. The molecule has 2 aromatic heterocycles. The molecule has 0 unspecified atom stereocenters. The fourth-order valence-corrected chi connectivity index (χ4v) is 3.85. The van der Waals surface area contributed by atoms with E-state index < -0.39 is 12.5 Å². The van der Waals surface area contributed by atoms with Crippen LogP contribution in [0.3, 0.4) is 0 Å². The monoisotopic (exact) mass is 473 g/mol. The lowest BCUT2D eigenvalue weighted by Gasteiger charge is -2.37. The minimum absolute atomic E-state index is 0.0118. The summed E-state index contributed by atoms with van der Waals surface area (Å²) in [5, 5.41) is 2.80. The Balaban J connectivity index is 1.48. The van der Waals surface area contributed by atoms with E-state index in [2.05, 4.69) is 17.2 Å². The summed E-state index contributed by atoms with van der Waals surface area (Å²) in [5.74, 6) is 0.0433. The van der Waals surface area contributed by atoms with E-state index in [0.29, 0.717) is 42.5 Å². The number of nitrogens with one attached hydrogen (secondary N) is 1. The quantitative estimate of drug-likeness (QED) is 0.507. The maximum absolute atomic E-state index is 13.2. The first-order valence-electron chi connectivity index (χ1n) is 11.0. The Morgan fingerprint density at radius 3 is 2.71 bits per heavy atom. The molecule has 0 spiro atoms. The number of alkyl halides is 2. The Morgan fingerprint density at radius 2 is 2.06 bits per heavy atom. The molecule has 1 amide bonds. The van der Waals surface area contributed by atoms with Crippen molar-refractivity contribution in [2.75, 3.05) is 26.9 Å². The second-order valence-electron chi connectivity index (χ2n) is 9.00. The third kappa shape index (κ3) is 4.50. The minimum atomic E-state index is -3.10. The van der Waals surface area contributed by atoms with Gasteiger partial charge in [0, 0.05) is 29.3 Å². The van der Waals surface area contributed by atoms with Crippen molar-refractivity contribution in [3.63, 3.8) is 0 Å². The van der Waals surface area contributed by atoms with Gasteiger partial charge in [0.2, 0.25) is 0 Å². The first-order valence-corrected chi connectivity index (χ1v) is 11.0. The van der Waals surface area contributed by atoms with Gasteiger partial charge in [-0.2, -0.15) is 8.78 Å². The number of hydrogen-bond acceptors (Lipinski definition) is 6. The van der Waals surface area contributed by atoms with Crippen molar-refractivity contribution in [1.82, 2.24) is 14.7 Å². The number of aromatic nitrogens is 2. The van der Waals surface area contributed by atoms with E-state index in [-0.39, 0.29) is 28.5 Å². The highest BCUT2D eigenvalue weighted by Gasteiger charge is 2.34. The smallest absolute Gasteiger partial charge is 0.387 e. The van der Waals surface area contributed by atoms with Crippen LogP contribution in [0.2, 0.25) is 0 Å². The molecule has 34 heavy (non-hydrogen) atoms. The van der Waals surface area contributed by atoms with Crippen LogP contribution in [0.4, 0.5) is 8.78 Å². The second-order valence-corrected chi connectivity index (χ2v) is 9.00. The Kier molecular flexibility index (Phi) is 5.76. The third-order valence-electron chi connectivity index (χ3n) is 5.91. The molecular formula is C24H25F2N3O5. The Labute approximate surface area is 194 Å². The maximum atomic E-state index is 13.2. The lowest BCUT2D eigenvalue weighted by Crippen LogP contribution is -2.44. The van der Waals surface area contributed by atoms with Crippen LogP contribution in [0.15, 0.2) is 36.7 Å². The molecule has 3 heterocycles. The van der Waals surface area contributed by atoms with Crippen LogP contribution in [0.1, 0.15) is 30.1 Å². The lowest BCUT2D eigenvalue weighted by atomic mass is 9.90. The molecule has 5 rings (SSSR count). The number of ether oxygens (including phenoxy) is 4. The van der Waals surface area contributed by atoms with Gasteiger partial charge in [0.15, 0.2) is 0 Å². The molecule has 3 aromatic rings. The summed E-state index contributed by atoms with van der Waals surface area (Å²) in [4.78, 5) is 17.2. The molecule has 1 saturated carbocycles. The van der Waals surface area contributed by atoms with Crippen LogP contribution in [-0.4, -0.2) is 54.9 Å². The molecular weight excluding hydrogens is 448 g/mol. The van der Waals surface area contributed by atoms with Gasteiger partial charge in [-0.05, 0) is 31.0 Å². The SMILES string of the molecule is COc1cc(-c2cnc3cc(OCC4(C)COC4)ccn23)cc(OC(F)F)c1C(=O)NC1CC1. The second kappa shape index (κ2) is 8.75. The summed E-state index contributed by atoms with van der Waals surface area (Å²) in [6, 6.07) is 6.68. The van der Waals surface area contributed by atoms with Gasteiger partial charge < -0.3 is 24.3 Å². The van der Waals surface area contributed by atoms with Crippen molar-refractivity contribution in [2.24, 2.45) is 5.41 Å². The number of rotatable bonds is 9. The van der Waals surface area contributed by atoms with Gasteiger partial charge in [0.1, 0.15) is 28.5 Å². The van der Waals surface area contributed by atoms with E-state index in [1.807, 2.05) is 6.07 Å². The van der Waals surface area contributed by atoms with Gasteiger partial charge in [-0.1, -0.05) is 6.92 Å². The molecule has 1 saturated heterocycles. The number of imidazole rings is 1. The summed E-state index contributed by atoms with van der Waals surface area (Å²) < 4.78 is 49.5. The van der Waals surface area contributed by atoms with Crippen LogP contribution in [0, 0.1) is 5.41 Å². The van der Waals surface area contributed by atoms with Crippen LogP contribution in [0.5, 0.6) is 17.2 Å². The lowest BCUT2D eigenvalue weighted by molar-refractivity contribution is -0.120. The number of carbonyl (C=O) groups is 1. The number of fused-ring (bicyclic) bond motifs is 1. The predicted octanol–water partition coefficient (Wildman–Crippen LogP) is 3.92. The van der Waals surface area contributed by atoms with E-state index in [1.165, 1.54) is 13.2 Å². The van der Waals surface area contributed by atoms with Crippen LogP contribution in [0.25, 0.3) is 16.9 Å². The fraction of sp³-hybridized carbons (Fsp3) is 0.417. The zero-order valence-electron chi connectivity index (χ0n) is 18.8. The summed E-state index contributed by atoms with van der Waals surface area (Å²) >= 11 is 0. The van der Waals surface area contributed by atoms with Gasteiger partial charge in [-0.3, -0.25) is 9.20 Å². The first-order chi connectivity index (χ1) is 16.3. The average molecular weight is 473 g/mol. The summed E-state index contributed by atoms with van der Waals surface area (Å²) in [6.07, 6.45) is 5.13. The van der Waals surface area contributed by atoms with E-state index >= 15 is 0 Å². The van der Waals surface area contributed by atoms with Crippen LogP contribution < -0.4 is 19.5 Å². The van der Waals surface area contributed by atoms with Crippen molar-refractivity contribution in [3.05, 3.63) is 42.2 Å². The molecule has 180 valence electrons. The normalized spacial score (nSPS) is 16.9. The topological polar surface area (TPSA) is 83.3 Å². The largest absolute Gasteiger partial charge is 0.496 e. The molecule has 1 N–H and O–H groups in total. The van der Waals surface area contributed by atoms with Gasteiger partial charge >= 0.3 is 6.61 Å². The molecule has 8 nitrogen and oxygen atoms in total. The fourth-order valence-electron chi connectivity index (χ4n) is 3.85. The highest BCUT2D eigenvalue weighted by molar-refractivity contribution is 6.01. The Bertz CT molecular complexity index is 1220. The number of amides is 1. The van der Waals surface area contributed by atoms with Crippen molar-refractivity contribution >= 4 is 11.6 Å². The van der Waals surface area contributed by atoms with E-state index in [9.17, 15) is 13.6 Å². The zero-order valence-corrected chi connectivity index (χ0v) is 18.8. The molecule has 0 bridgehead atoms. The first kappa shape index (κ1) is 22.4. The standard InChI is InChI=1S/C24H25F2N3O5/c1-24(11-32-12-24)13-33-16-5-6-29-17(10-27-20(29)9-16)14-7-18(31-2)21(19(8-14)34-23(25)26)22(30)28-15-3-4-15/h5-10,15,23H,3-4,11-13H2,1-2H3,(H,28,30). The molecule has 2 aliphatic rings. The van der Waals surface area contributed by atoms with Crippen molar-refractivity contribution < 1.29 is 32.5 Å². The number of halogens is 2. The van der Waals surface area contributed by atoms with Crippen molar-refractivity contribution in [2.45, 2.75) is 32.4 Å².